The fraction of sp³-hybridized carbons (Fsp3) is 0.825. The van der Waals surface area contributed by atoms with Crippen LogP contribution in [0.2, 0.25) is 0 Å². The number of unbranched alkanes of at least 4 members (excludes halogenated alkanes) is 36. The Bertz CT molecular complexity index is 1200. The van der Waals surface area contributed by atoms with Crippen molar-refractivity contribution in [2.24, 2.45) is 0 Å². The van der Waals surface area contributed by atoms with Crippen molar-refractivity contribution in [1.29, 1.82) is 0 Å². The minimum Gasteiger partial charge on any atom is -0.462 e. The van der Waals surface area contributed by atoms with E-state index in [2.05, 4.69) is 69.4 Å². The number of carbonyl (C=O) groups is 3. The Morgan fingerprint density at radius 1 is 0.290 bits per heavy atom. The summed E-state index contributed by atoms with van der Waals surface area (Å²) in [4.78, 5) is 37.8. The lowest BCUT2D eigenvalue weighted by Crippen LogP contribution is -2.30. The van der Waals surface area contributed by atoms with Crippen LogP contribution in [0.3, 0.4) is 0 Å². The van der Waals surface area contributed by atoms with E-state index in [9.17, 15) is 14.4 Å². The van der Waals surface area contributed by atoms with Gasteiger partial charge in [-0.2, -0.15) is 0 Å². The van der Waals surface area contributed by atoms with Crippen LogP contribution in [0.25, 0.3) is 0 Å². The molecule has 6 nitrogen and oxygen atoms in total. The molecule has 0 aliphatic carbocycles. The molecule has 0 radical (unpaired) electrons. The number of rotatable bonds is 55. The summed E-state index contributed by atoms with van der Waals surface area (Å²) in [7, 11) is 0. The number of carbonyl (C=O) groups excluding carboxylic acids is 3. The van der Waals surface area contributed by atoms with Crippen molar-refractivity contribution in [1.82, 2.24) is 0 Å². The summed E-state index contributed by atoms with van der Waals surface area (Å²) in [5.74, 6) is -0.877. The molecule has 0 N–H and O–H groups in total. The number of hydrogen-bond donors (Lipinski definition) is 0. The van der Waals surface area contributed by atoms with Gasteiger partial charge >= 0.3 is 17.9 Å². The number of esters is 3. The highest BCUT2D eigenvalue weighted by atomic mass is 16.6. The van der Waals surface area contributed by atoms with Crippen LogP contribution in [-0.2, 0) is 28.6 Å². The van der Waals surface area contributed by atoms with Gasteiger partial charge in [0.25, 0.3) is 0 Å². The maximum Gasteiger partial charge on any atom is 0.306 e. The lowest BCUT2D eigenvalue weighted by molar-refractivity contribution is -0.167. The first-order chi connectivity index (χ1) is 34.0. The zero-order valence-electron chi connectivity index (χ0n) is 46.1. The molecular weight excluding hydrogens is 853 g/mol. The van der Waals surface area contributed by atoms with E-state index in [1.807, 2.05) is 0 Å². The predicted molar refractivity (Wildman–Crippen MR) is 298 cm³/mol. The fourth-order valence-corrected chi connectivity index (χ4v) is 8.75. The third-order valence-corrected chi connectivity index (χ3v) is 13.3. The molecular formula is C63H114O6. The molecule has 0 saturated heterocycles. The van der Waals surface area contributed by atoms with Gasteiger partial charge < -0.3 is 14.2 Å². The Hall–Kier alpha value is -2.63. The van der Waals surface area contributed by atoms with E-state index < -0.39 is 6.10 Å². The smallest absolute Gasteiger partial charge is 0.306 e. The number of allylic oxidation sites excluding steroid dienone is 8. The summed E-state index contributed by atoms with van der Waals surface area (Å²) >= 11 is 0. The van der Waals surface area contributed by atoms with Gasteiger partial charge in [-0.3, -0.25) is 14.4 Å². The second-order valence-electron chi connectivity index (χ2n) is 20.3. The third-order valence-electron chi connectivity index (χ3n) is 13.3. The molecule has 0 aliphatic rings. The van der Waals surface area contributed by atoms with Gasteiger partial charge in [-0.05, 0) is 77.0 Å². The van der Waals surface area contributed by atoms with E-state index >= 15 is 0 Å². The summed E-state index contributed by atoms with van der Waals surface area (Å²) in [6.45, 7) is 6.55. The molecule has 0 aromatic rings. The Balaban J connectivity index is 3.93. The van der Waals surface area contributed by atoms with Crippen molar-refractivity contribution >= 4 is 17.9 Å². The first kappa shape index (κ1) is 66.4. The molecule has 0 aromatic heterocycles. The minimum absolute atomic E-state index is 0.0727. The first-order valence-electron chi connectivity index (χ1n) is 30.1. The predicted octanol–water partition coefficient (Wildman–Crippen LogP) is 20.2. The Labute approximate surface area is 428 Å². The molecule has 0 aliphatic heterocycles. The van der Waals surface area contributed by atoms with Crippen LogP contribution in [0.1, 0.15) is 316 Å². The highest BCUT2D eigenvalue weighted by Gasteiger charge is 2.19. The minimum atomic E-state index is -0.770. The Morgan fingerprint density at radius 3 is 0.884 bits per heavy atom. The van der Waals surface area contributed by atoms with Crippen molar-refractivity contribution in [3.05, 3.63) is 48.6 Å². The molecule has 1 atom stereocenters. The van der Waals surface area contributed by atoms with E-state index in [1.165, 1.54) is 186 Å². The molecule has 0 aromatic carbocycles. The standard InChI is InChI=1S/C63H114O6/c1-4-7-10-13-16-19-21-22-23-24-25-26-27-28-29-30-31-32-33-34-35-36-37-38-39-40-41-42-43-45-47-50-53-56-62(65)68-59-60(58-67-61(64)55-52-49-46-18-15-12-9-6-3)69-63(66)57-54-51-48-44-20-17-14-11-8-5-2/h11,14,21-22,24-25,27-28,60H,4-10,12-13,15-20,23,26,29-59H2,1-3H3/b14-11-,22-21-,25-24-,28-27-. The topological polar surface area (TPSA) is 78.9 Å². The molecule has 69 heavy (non-hydrogen) atoms. The number of hydrogen-bond acceptors (Lipinski definition) is 6. The van der Waals surface area contributed by atoms with E-state index in [1.54, 1.807) is 0 Å². The van der Waals surface area contributed by atoms with Crippen molar-refractivity contribution in [2.45, 2.75) is 322 Å². The molecule has 6 heteroatoms. The summed E-state index contributed by atoms with van der Waals surface area (Å²) in [5.41, 5.74) is 0. The molecule has 1 unspecified atom stereocenters. The van der Waals surface area contributed by atoms with Gasteiger partial charge in [0.2, 0.25) is 0 Å². The quantitative estimate of drug-likeness (QED) is 0.0262. The van der Waals surface area contributed by atoms with Crippen LogP contribution >= 0.6 is 0 Å². The highest BCUT2D eigenvalue weighted by Crippen LogP contribution is 2.17. The third kappa shape index (κ3) is 56.2. The fourth-order valence-electron chi connectivity index (χ4n) is 8.75. The van der Waals surface area contributed by atoms with Gasteiger partial charge in [-0.1, -0.05) is 268 Å². The van der Waals surface area contributed by atoms with Crippen LogP contribution in [0.15, 0.2) is 48.6 Å². The molecule has 402 valence electrons. The SMILES string of the molecule is CCC/C=C\CCCCCCCC(=O)OC(COC(=O)CCCCCCCCCC)COC(=O)CCCCCCCCCCCCCCCCCCCC/C=C\C/C=C\C/C=C\CCCCCCC. The molecule has 0 spiro atoms. The Kier molecular flexibility index (Phi) is 55.7. The molecule has 0 fully saturated rings. The van der Waals surface area contributed by atoms with Crippen LogP contribution in [0.5, 0.6) is 0 Å². The summed E-state index contributed by atoms with van der Waals surface area (Å²) < 4.78 is 16.8. The van der Waals surface area contributed by atoms with E-state index in [-0.39, 0.29) is 31.1 Å². The van der Waals surface area contributed by atoms with Crippen LogP contribution in [-0.4, -0.2) is 37.2 Å². The summed E-state index contributed by atoms with van der Waals surface area (Å²) in [5, 5.41) is 0. The van der Waals surface area contributed by atoms with Crippen molar-refractivity contribution < 1.29 is 28.6 Å². The zero-order chi connectivity index (χ0) is 50.0. The van der Waals surface area contributed by atoms with E-state index in [4.69, 9.17) is 14.2 Å². The monoisotopic (exact) mass is 967 g/mol. The maximum absolute atomic E-state index is 12.7. The highest BCUT2D eigenvalue weighted by molar-refractivity contribution is 5.71. The second-order valence-corrected chi connectivity index (χ2v) is 20.3. The van der Waals surface area contributed by atoms with Gasteiger partial charge in [0.15, 0.2) is 6.10 Å². The molecule has 0 bridgehead atoms. The van der Waals surface area contributed by atoms with Crippen LogP contribution in [0.4, 0.5) is 0 Å². The molecule has 0 heterocycles. The normalized spacial score (nSPS) is 12.3. The zero-order valence-corrected chi connectivity index (χ0v) is 46.1. The number of ether oxygens (including phenoxy) is 3. The Morgan fingerprint density at radius 2 is 0.551 bits per heavy atom. The van der Waals surface area contributed by atoms with Crippen molar-refractivity contribution in [2.75, 3.05) is 13.2 Å². The van der Waals surface area contributed by atoms with Crippen LogP contribution < -0.4 is 0 Å². The van der Waals surface area contributed by atoms with E-state index in [0.717, 1.165) is 89.9 Å². The first-order valence-corrected chi connectivity index (χ1v) is 30.1. The lowest BCUT2D eigenvalue weighted by Gasteiger charge is -2.18. The van der Waals surface area contributed by atoms with Gasteiger partial charge in [0, 0.05) is 19.3 Å². The molecule has 0 rings (SSSR count). The summed E-state index contributed by atoms with van der Waals surface area (Å²) in [6.07, 6.45) is 71.6. The largest absolute Gasteiger partial charge is 0.462 e. The van der Waals surface area contributed by atoms with Gasteiger partial charge in [-0.25, -0.2) is 0 Å². The molecule has 0 amide bonds. The van der Waals surface area contributed by atoms with Gasteiger partial charge in [-0.15, -0.1) is 0 Å². The second kappa shape index (κ2) is 57.9. The van der Waals surface area contributed by atoms with Crippen molar-refractivity contribution in [3.8, 4) is 0 Å². The van der Waals surface area contributed by atoms with Gasteiger partial charge in [0.05, 0.1) is 0 Å². The summed E-state index contributed by atoms with van der Waals surface area (Å²) in [6, 6.07) is 0. The van der Waals surface area contributed by atoms with Gasteiger partial charge in [0.1, 0.15) is 13.2 Å². The maximum atomic E-state index is 12.7. The average molecular weight is 968 g/mol. The van der Waals surface area contributed by atoms with Crippen LogP contribution in [0, 0.1) is 0 Å². The lowest BCUT2D eigenvalue weighted by atomic mass is 10.0. The average Bonchev–Trinajstić information content (AvgIpc) is 3.35. The molecule has 0 saturated carbocycles. The van der Waals surface area contributed by atoms with Crippen molar-refractivity contribution in [3.63, 3.8) is 0 Å². The van der Waals surface area contributed by atoms with E-state index in [0.29, 0.717) is 19.3 Å².